The van der Waals surface area contributed by atoms with Crippen LogP contribution in [0.1, 0.15) is 12.5 Å². The summed E-state index contributed by atoms with van der Waals surface area (Å²) in [7, 11) is 2.49. The maximum Gasteiger partial charge on any atom is 0.337 e. The van der Waals surface area contributed by atoms with Crippen LogP contribution in [0.25, 0.3) is 6.08 Å². The lowest BCUT2D eigenvalue weighted by atomic mass is 9.90. The Kier molecular flexibility index (Phi) is 9.99. The van der Waals surface area contributed by atoms with Gasteiger partial charge in [-0.15, -0.1) is 0 Å². The van der Waals surface area contributed by atoms with E-state index in [0.717, 1.165) is 21.5 Å². The zero-order valence-corrected chi connectivity index (χ0v) is 26.7. The molecule has 0 saturated carbocycles. The van der Waals surface area contributed by atoms with Crippen LogP contribution in [-0.4, -0.2) is 66.3 Å². The SMILES string of the molecule is COC(=O)C(C(C(=O)OC)N1C(=O)C(NC(C)=O)C1C=Cc1ccccc1)=P(c1ccccc1)(c1ccccc1)c1ccccc1. The number of amides is 2. The van der Waals surface area contributed by atoms with E-state index >= 15 is 0 Å². The van der Waals surface area contributed by atoms with Gasteiger partial charge in [0.2, 0.25) is 11.8 Å². The van der Waals surface area contributed by atoms with E-state index in [9.17, 15) is 19.2 Å². The lowest BCUT2D eigenvalue weighted by molar-refractivity contribution is -0.162. The second-order valence-electron chi connectivity index (χ2n) is 10.7. The van der Waals surface area contributed by atoms with Crippen molar-refractivity contribution in [3.05, 3.63) is 133 Å². The molecular weight excluding hydrogens is 599 g/mol. The predicted octanol–water partition coefficient (Wildman–Crippen LogP) is 3.30. The third-order valence-electron chi connectivity index (χ3n) is 7.98. The molecule has 1 N–H and O–H groups in total. The van der Waals surface area contributed by atoms with Crippen LogP contribution < -0.4 is 21.2 Å². The number of esters is 2. The van der Waals surface area contributed by atoms with E-state index in [1.54, 1.807) is 6.08 Å². The van der Waals surface area contributed by atoms with Gasteiger partial charge in [-0.3, -0.25) is 9.59 Å². The van der Waals surface area contributed by atoms with Crippen LogP contribution in [0.15, 0.2) is 127 Å². The minimum atomic E-state index is -3.23. The molecule has 1 aliphatic rings. The van der Waals surface area contributed by atoms with E-state index < -0.39 is 48.8 Å². The Morgan fingerprint density at radius 3 is 1.61 bits per heavy atom. The molecule has 0 spiro atoms. The number of hydrogen-bond acceptors (Lipinski definition) is 6. The molecule has 1 saturated heterocycles. The Bertz CT molecular complexity index is 1690. The maximum atomic E-state index is 14.4. The first kappa shape index (κ1) is 32.2. The number of methoxy groups -OCH3 is 2. The molecule has 46 heavy (non-hydrogen) atoms. The minimum Gasteiger partial charge on any atom is -0.467 e. The Morgan fingerprint density at radius 1 is 0.739 bits per heavy atom. The van der Waals surface area contributed by atoms with Crippen LogP contribution in [0.5, 0.6) is 0 Å². The van der Waals surface area contributed by atoms with Gasteiger partial charge < -0.3 is 19.7 Å². The summed E-state index contributed by atoms with van der Waals surface area (Å²) >= 11 is 0. The molecule has 1 heterocycles. The molecule has 4 aromatic rings. The number of carbonyl (C=O) groups excluding carboxylic acids is 4. The van der Waals surface area contributed by atoms with E-state index in [1.807, 2.05) is 127 Å². The molecule has 2 amide bonds. The molecule has 3 unspecified atom stereocenters. The van der Waals surface area contributed by atoms with Crippen molar-refractivity contribution in [1.82, 2.24) is 10.2 Å². The zero-order chi connectivity index (χ0) is 32.7. The van der Waals surface area contributed by atoms with Crippen LogP contribution in [-0.2, 0) is 28.7 Å². The molecular formula is C37H35N2O6P. The van der Waals surface area contributed by atoms with Crippen LogP contribution in [0.3, 0.4) is 0 Å². The van der Waals surface area contributed by atoms with Gasteiger partial charge in [-0.1, -0.05) is 133 Å². The van der Waals surface area contributed by atoms with Crippen LogP contribution >= 0.6 is 6.89 Å². The molecule has 1 aliphatic heterocycles. The van der Waals surface area contributed by atoms with Gasteiger partial charge in [-0.2, -0.15) is 0 Å². The Hall–Kier alpha value is -5.20. The first-order valence-corrected chi connectivity index (χ1v) is 16.6. The second-order valence-corrected chi connectivity index (χ2v) is 14.0. The van der Waals surface area contributed by atoms with E-state index in [1.165, 1.54) is 26.0 Å². The van der Waals surface area contributed by atoms with Crippen molar-refractivity contribution in [2.24, 2.45) is 0 Å². The number of ether oxygens (including phenoxy) is 2. The van der Waals surface area contributed by atoms with Crippen molar-refractivity contribution >= 4 is 57.9 Å². The second kappa shape index (κ2) is 14.3. The largest absolute Gasteiger partial charge is 0.467 e. The summed E-state index contributed by atoms with van der Waals surface area (Å²) in [5.41, 5.74) is 0.856. The van der Waals surface area contributed by atoms with Gasteiger partial charge in [0.25, 0.3) is 0 Å². The predicted molar refractivity (Wildman–Crippen MR) is 182 cm³/mol. The normalized spacial score (nSPS) is 16.7. The lowest BCUT2D eigenvalue weighted by Gasteiger charge is -2.50. The number of nitrogens with one attached hydrogen (secondary N) is 1. The lowest BCUT2D eigenvalue weighted by Crippen LogP contribution is -2.75. The van der Waals surface area contributed by atoms with E-state index in [-0.39, 0.29) is 5.29 Å². The van der Waals surface area contributed by atoms with Crippen LogP contribution in [0.4, 0.5) is 0 Å². The summed E-state index contributed by atoms with van der Waals surface area (Å²) < 4.78 is 10.9. The number of hydrogen-bond donors (Lipinski definition) is 1. The quantitative estimate of drug-likeness (QED) is 0.163. The van der Waals surface area contributed by atoms with E-state index in [4.69, 9.17) is 9.47 Å². The highest BCUT2D eigenvalue weighted by Gasteiger charge is 2.56. The van der Waals surface area contributed by atoms with Gasteiger partial charge in [-0.25, -0.2) is 9.59 Å². The topological polar surface area (TPSA) is 102 Å². The van der Waals surface area contributed by atoms with Crippen molar-refractivity contribution in [1.29, 1.82) is 0 Å². The number of benzene rings is 4. The molecule has 0 radical (unpaired) electrons. The number of carbonyl (C=O) groups is 4. The summed E-state index contributed by atoms with van der Waals surface area (Å²) in [5, 5.41) is 5.15. The molecule has 0 aliphatic carbocycles. The maximum absolute atomic E-state index is 14.4. The standard InChI is InChI=1S/C37H35N2O6P/c1-26(40)38-32-31(25-24-27-16-8-4-9-17-27)39(35(32)41)33(36(42)44-2)34(37(43)45-3)46(28-18-10-5-11-19-28,29-20-12-6-13-21-29)30-22-14-7-15-23-30/h4-25,31-33H,1-3H3,(H,38,40). The monoisotopic (exact) mass is 634 g/mol. The highest BCUT2D eigenvalue weighted by atomic mass is 31.2. The average molecular weight is 635 g/mol. The highest BCUT2D eigenvalue weighted by molar-refractivity contribution is 7.96. The number of rotatable bonds is 10. The molecule has 4 aromatic carbocycles. The van der Waals surface area contributed by atoms with Gasteiger partial charge in [0.1, 0.15) is 6.04 Å². The molecule has 0 bridgehead atoms. The third-order valence-corrected chi connectivity index (χ3v) is 12.3. The fraction of sp³-hybridized carbons (Fsp3) is 0.162. The van der Waals surface area contributed by atoms with Gasteiger partial charge >= 0.3 is 11.9 Å². The molecule has 5 rings (SSSR count). The van der Waals surface area contributed by atoms with Crippen LogP contribution in [0.2, 0.25) is 0 Å². The fourth-order valence-corrected chi connectivity index (χ4v) is 10.5. The summed E-state index contributed by atoms with van der Waals surface area (Å²) in [6, 6.07) is 34.7. The molecule has 9 heteroatoms. The molecule has 234 valence electrons. The van der Waals surface area contributed by atoms with Crippen molar-refractivity contribution in [2.75, 3.05) is 14.2 Å². The van der Waals surface area contributed by atoms with Crippen molar-refractivity contribution < 1.29 is 28.7 Å². The third kappa shape index (κ3) is 6.04. The van der Waals surface area contributed by atoms with Gasteiger partial charge in [0, 0.05) is 6.92 Å². The van der Waals surface area contributed by atoms with Crippen LogP contribution in [0, 0.1) is 0 Å². The molecule has 0 aromatic heterocycles. The first-order valence-electron chi connectivity index (χ1n) is 14.8. The highest BCUT2D eigenvalue weighted by Crippen LogP contribution is 2.48. The molecule has 3 atom stereocenters. The van der Waals surface area contributed by atoms with E-state index in [0.29, 0.717) is 0 Å². The van der Waals surface area contributed by atoms with Gasteiger partial charge in [-0.05, 0) is 28.4 Å². The summed E-state index contributed by atoms with van der Waals surface area (Å²) in [5.74, 6) is -2.48. The summed E-state index contributed by atoms with van der Waals surface area (Å²) in [6.45, 7) is -1.91. The number of β-lactam (4-membered cyclic amide) rings is 1. The molecule has 1 fully saturated rings. The smallest absolute Gasteiger partial charge is 0.337 e. The first-order chi connectivity index (χ1) is 22.3. The van der Waals surface area contributed by atoms with Gasteiger partial charge in [0.15, 0.2) is 6.04 Å². The van der Waals surface area contributed by atoms with E-state index in [2.05, 4.69) is 5.32 Å². The minimum absolute atomic E-state index is 0.0817. The summed E-state index contributed by atoms with van der Waals surface area (Å²) in [6.07, 6.45) is 3.58. The number of nitrogens with zero attached hydrogens (tertiary/aromatic N) is 1. The van der Waals surface area contributed by atoms with Crippen molar-refractivity contribution in [3.63, 3.8) is 0 Å². The Labute approximate surface area is 268 Å². The van der Waals surface area contributed by atoms with Crippen molar-refractivity contribution in [3.8, 4) is 0 Å². The zero-order valence-electron chi connectivity index (χ0n) is 25.8. The molecule has 8 nitrogen and oxygen atoms in total. The van der Waals surface area contributed by atoms with Crippen molar-refractivity contribution in [2.45, 2.75) is 25.0 Å². The van der Waals surface area contributed by atoms with Gasteiger partial charge in [0.05, 0.1) is 25.6 Å². The summed E-state index contributed by atoms with van der Waals surface area (Å²) in [4.78, 5) is 56.1. The Balaban J connectivity index is 1.90. The Morgan fingerprint density at radius 2 is 1.20 bits per heavy atom. The average Bonchev–Trinajstić information content (AvgIpc) is 3.10. The fourth-order valence-electron chi connectivity index (χ4n) is 6.00. The number of likely N-dealkylation sites (tertiary alicyclic amines) is 1.